The Morgan fingerprint density at radius 1 is 0.828 bits per heavy atom. The summed E-state index contributed by atoms with van der Waals surface area (Å²) < 4.78 is 1.44. The molecule has 0 aliphatic rings. The molecule has 0 fully saturated rings. The van der Waals surface area contributed by atoms with Crippen LogP contribution in [0.25, 0.3) is 11.0 Å². The summed E-state index contributed by atoms with van der Waals surface area (Å²) in [5.74, 6) is 0.0413. The van der Waals surface area contributed by atoms with E-state index in [0.29, 0.717) is 6.42 Å². The largest absolute Gasteiger partial charge is 0.273 e. The van der Waals surface area contributed by atoms with Crippen LogP contribution in [0.1, 0.15) is 108 Å². The Hall–Kier alpha value is -1.97. The van der Waals surface area contributed by atoms with Crippen LogP contribution < -0.4 is 0 Å². The number of nitrogens with zero attached hydrogens (tertiary/aromatic N) is 3. The number of fused-ring (bicyclic) bond motifs is 1. The Labute approximate surface area is 176 Å². The Kier molecular flexibility index (Phi) is 12.0. The first-order chi connectivity index (χ1) is 14.3. The maximum Gasteiger partial charge on any atom is 0.248 e. The average molecular weight is 398 g/mol. The van der Waals surface area contributed by atoms with Crippen molar-refractivity contribution in [3.8, 4) is 0 Å². The van der Waals surface area contributed by atoms with Crippen LogP contribution in [0.2, 0.25) is 0 Å². The molecule has 0 aliphatic heterocycles. The van der Waals surface area contributed by atoms with Gasteiger partial charge in [-0.15, -0.1) is 5.10 Å². The summed E-state index contributed by atoms with van der Waals surface area (Å²) >= 11 is 0. The molecule has 0 bridgehead atoms. The van der Waals surface area contributed by atoms with E-state index < -0.39 is 0 Å². The van der Waals surface area contributed by atoms with Crippen LogP contribution in [0.5, 0.6) is 0 Å². The van der Waals surface area contributed by atoms with Gasteiger partial charge in [0.05, 0.1) is 5.52 Å². The van der Waals surface area contributed by atoms with Gasteiger partial charge in [-0.3, -0.25) is 4.79 Å². The zero-order chi connectivity index (χ0) is 20.6. The fourth-order valence-electron chi connectivity index (χ4n) is 3.68. The quantitative estimate of drug-likeness (QED) is 0.218. The minimum atomic E-state index is 0.0413. The van der Waals surface area contributed by atoms with Crippen molar-refractivity contribution in [3.63, 3.8) is 0 Å². The van der Waals surface area contributed by atoms with Gasteiger partial charge in [0.25, 0.3) is 0 Å². The summed E-state index contributed by atoms with van der Waals surface area (Å²) in [7, 11) is 0. The standard InChI is InChI=1S/C25H39N3O/c1-2-3-4-5-6-7-8-9-10-11-12-13-14-15-16-17-22-25(29)28-24-21-19-18-20-23(24)26-27-28/h12-13,18-21H,2-11,14-17,22H2,1H3/b13-12+. The molecule has 0 saturated carbocycles. The number of rotatable bonds is 16. The van der Waals surface area contributed by atoms with E-state index in [4.69, 9.17) is 0 Å². The predicted molar refractivity (Wildman–Crippen MR) is 122 cm³/mol. The molecule has 0 saturated heterocycles. The second-order valence-electron chi connectivity index (χ2n) is 8.07. The van der Waals surface area contributed by atoms with Crippen LogP contribution in [0, 0.1) is 0 Å². The van der Waals surface area contributed by atoms with E-state index in [1.54, 1.807) is 0 Å². The number of aromatic nitrogens is 3. The molecule has 160 valence electrons. The molecule has 1 aromatic heterocycles. The molecule has 0 atom stereocenters. The summed E-state index contributed by atoms with van der Waals surface area (Å²) in [6.45, 7) is 2.27. The molecule has 2 aromatic rings. The highest BCUT2D eigenvalue weighted by molar-refractivity contribution is 5.88. The Balaban J connectivity index is 1.41. The van der Waals surface area contributed by atoms with Gasteiger partial charge in [-0.1, -0.05) is 94.2 Å². The van der Waals surface area contributed by atoms with E-state index in [2.05, 4.69) is 29.4 Å². The normalized spacial score (nSPS) is 11.6. The topological polar surface area (TPSA) is 47.8 Å². The van der Waals surface area contributed by atoms with Crippen LogP contribution >= 0.6 is 0 Å². The predicted octanol–water partition coefficient (Wildman–Crippen LogP) is 7.50. The Bertz CT molecular complexity index is 720. The second kappa shape index (κ2) is 14.9. The van der Waals surface area contributed by atoms with E-state index in [0.717, 1.165) is 36.7 Å². The van der Waals surface area contributed by atoms with E-state index in [1.165, 1.54) is 68.9 Å². The lowest BCUT2D eigenvalue weighted by atomic mass is 10.1. The van der Waals surface area contributed by atoms with Crippen molar-refractivity contribution in [2.45, 2.75) is 103 Å². The number of hydrogen-bond donors (Lipinski definition) is 0. The number of hydrogen-bond acceptors (Lipinski definition) is 3. The third-order valence-electron chi connectivity index (χ3n) is 5.49. The average Bonchev–Trinajstić information content (AvgIpc) is 3.17. The van der Waals surface area contributed by atoms with Crippen LogP contribution in [-0.4, -0.2) is 20.9 Å². The molecule has 1 heterocycles. The summed E-state index contributed by atoms with van der Waals surface area (Å²) in [6, 6.07) is 7.60. The third-order valence-corrected chi connectivity index (χ3v) is 5.49. The smallest absolute Gasteiger partial charge is 0.248 e. The van der Waals surface area contributed by atoms with Gasteiger partial charge in [0.1, 0.15) is 5.52 Å². The molecule has 0 spiro atoms. The molecule has 4 heteroatoms. The fourth-order valence-corrected chi connectivity index (χ4v) is 3.68. The maximum atomic E-state index is 12.3. The van der Waals surface area contributed by atoms with Crippen molar-refractivity contribution in [2.24, 2.45) is 0 Å². The fraction of sp³-hybridized carbons (Fsp3) is 0.640. The third kappa shape index (κ3) is 9.38. The van der Waals surface area contributed by atoms with Crippen LogP contribution in [0.3, 0.4) is 0 Å². The Morgan fingerprint density at radius 3 is 2.10 bits per heavy atom. The first-order valence-electron chi connectivity index (χ1n) is 11.8. The van der Waals surface area contributed by atoms with E-state index in [9.17, 15) is 4.79 Å². The van der Waals surface area contributed by atoms with Crippen molar-refractivity contribution in [2.75, 3.05) is 0 Å². The van der Waals surface area contributed by atoms with Gasteiger partial charge in [-0.25, -0.2) is 0 Å². The summed E-state index contributed by atoms with van der Waals surface area (Å²) in [6.07, 6.45) is 23.2. The van der Waals surface area contributed by atoms with Crippen molar-refractivity contribution >= 4 is 16.9 Å². The van der Waals surface area contributed by atoms with Gasteiger partial charge in [0.15, 0.2) is 0 Å². The van der Waals surface area contributed by atoms with E-state index in [1.807, 2.05) is 24.3 Å². The minimum Gasteiger partial charge on any atom is -0.273 e. The van der Waals surface area contributed by atoms with Gasteiger partial charge in [-0.05, 0) is 44.2 Å². The highest BCUT2D eigenvalue weighted by Gasteiger charge is 2.10. The molecule has 4 nitrogen and oxygen atoms in total. The Morgan fingerprint density at radius 2 is 1.41 bits per heavy atom. The van der Waals surface area contributed by atoms with E-state index >= 15 is 0 Å². The SMILES string of the molecule is CCCCCCCCCCC/C=C/CCCCCC(=O)n1nnc2ccccc21. The van der Waals surface area contributed by atoms with E-state index in [-0.39, 0.29) is 5.91 Å². The molecule has 0 N–H and O–H groups in total. The molecule has 0 radical (unpaired) electrons. The number of unbranched alkanes of at least 4 members (excludes halogenated alkanes) is 12. The lowest BCUT2D eigenvalue weighted by Crippen LogP contribution is -2.12. The molecular formula is C25H39N3O. The van der Waals surface area contributed by atoms with Gasteiger partial charge >= 0.3 is 0 Å². The van der Waals surface area contributed by atoms with Gasteiger partial charge in [-0.2, -0.15) is 4.68 Å². The molecule has 2 rings (SSSR count). The summed E-state index contributed by atoms with van der Waals surface area (Å²) in [5.41, 5.74) is 1.58. The molecule has 29 heavy (non-hydrogen) atoms. The van der Waals surface area contributed by atoms with Gasteiger partial charge in [0, 0.05) is 6.42 Å². The number of carbonyl (C=O) groups excluding carboxylic acids is 1. The van der Waals surface area contributed by atoms with Gasteiger partial charge in [0.2, 0.25) is 5.91 Å². The lowest BCUT2D eigenvalue weighted by Gasteiger charge is -2.01. The lowest BCUT2D eigenvalue weighted by molar-refractivity contribution is 0.0886. The van der Waals surface area contributed by atoms with Gasteiger partial charge < -0.3 is 0 Å². The summed E-state index contributed by atoms with van der Waals surface area (Å²) in [4.78, 5) is 12.3. The maximum absolute atomic E-state index is 12.3. The minimum absolute atomic E-state index is 0.0413. The van der Waals surface area contributed by atoms with Crippen molar-refractivity contribution < 1.29 is 4.79 Å². The summed E-state index contributed by atoms with van der Waals surface area (Å²) in [5, 5.41) is 8.04. The molecule has 0 aliphatic carbocycles. The second-order valence-corrected chi connectivity index (χ2v) is 8.07. The molecular weight excluding hydrogens is 358 g/mol. The number of benzene rings is 1. The van der Waals surface area contributed by atoms with Crippen LogP contribution in [-0.2, 0) is 0 Å². The van der Waals surface area contributed by atoms with Crippen LogP contribution in [0.15, 0.2) is 36.4 Å². The van der Waals surface area contributed by atoms with Crippen molar-refractivity contribution in [3.05, 3.63) is 36.4 Å². The first-order valence-corrected chi connectivity index (χ1v) is 11.8. The molecule has 0 amide bonds. The first kappa shape index (κ1) is 23.3. The highest BCUT2D eigenvalue weighted by atomic mass is 16.2. The number of allylic oxidation sites excluding steroid dienone is 2. The number of carbonyl (C=O) groups is 1. The van der Waals surface area contributed by atoms with Crippen molar-refractivity contribution in [1.29, 1.82) is 0 Å². The molecule has 0 unspecified atom stereocenters. The molecule has 1 aromatic carbocycles. The van der Waals surface area contributed by atoms with Crippen molar-refractivity contribution in [1.82, 2.24) is 15.0 Å². The monoisotopic (exact) mass is 397 g/mol. The zero-order valence-corrected chi connectivity index (χ0v) is 18.3. The van der Waals surface area contributed by atoms with Crippen LogP contribution in [0.4, 0.5) is 0 Å². The highest BCUT2D eigenvalue weighted by Crippen LogP contribution is 2.13. The zero-order valence-electron chi connectivity index (χ0n) is 18.3. The number of para-hydroxylation sites is 1.